The number of H-pyrrole nitrogens is 1. The monoisotopic (exact) mass is 330 g/mol. The second kappa shape index (κ2) is 7.35. The minimum absolute atomic E-state index is 0.143. The molecule has 6 nitrogen and oxygen atoms in total. The number of aromatic amines is 1. The topological polar surface area (TPSA) is 79.9 Å². The summed E-state index contributed by atoms with van der Waals surface area (Å²) >= 11 is 0. The van der Waals surface area contributed by atoms with Crippen LogP contribution in [-0.4, -0.2) is 33.7 Å². The predicted octanol–water partition coefficient (Wildman–Crippen LogP) is 2.30. The molecule has 0 unspecified atom stereocenters. The average Bonchev–Trinajstić information content (AvgIpc) is 3.18. The van der Waals surface area contributed by atoms with Crippen LogP contribution in [0.5, 0.6) is 0 Å². The number of hydrogen-bond acceptors (Lipinski definition) is 4. The van der Waals surface area contributed by atoms with Crippen LogP contribution in [0.25, 0.3) is 6.08 Å². The second-order valence-electron chi connectivity index (χ2n) is 5.66. The summed E-state index contributed by atoms with van der Waals surface area (Å²) in [5.41, 5.74) is 0.462. The largest absolute Gasteiger partial charge is 0.368 e. The van der Waals surface area contributed by atoms with E-state index in [0.717, 1.165) is 0 Å². The fourth-order valence-electron chi connectivity index (χ4n) is 2.65. The van der Waals surface area contributed by atoms with Crippen LogP contribution >= 0.6 is 0 Å². The van der Waals surface area contributed by atoms with Gasteiger partial charge in [0.05, 0.1) is 6.04 Å². The molecule has 126 valence electrons. The highest BCUT2D eigenvalue weighted by atomic mass is 19.1. The van der Waals surface area contributed by atoms with E-state index >= 15 is 0 Å². The minimum Gasteiger partial charge on any atom is -0.368 e. The number of nitrogens with zero attached hydrogens (tertiary/aromatic N) is 2. The quantitative estimate of drug-likeness (QED) is 0.881. The van der Waals surface area contributed by atoms with Crippen molar-refractivity contribution >= 4 is 12.0 Å². The van der Waals surface area contributed by atoms with Crippen molar-refractivity contribution in [2.45, 2.75) is 31.9 Å². The van der Waals surface area contributed by atoms with Crippen LogP contribution in [-0.2, 0) is 9.53 Å². The van der Waals surface area contributed by atoms with E-state index in [-0.39, 0.29) is 30.3 Å². The van der Waals surface area contributed by atoms with Gasteiger partial charge in [-0.1, -0.05) is 30.4 Å². The molecular formula is C17H19FN4O2. The molecule has 0 radical (unpaired) electrons. The number of amides is 1. The number of aryl methyl sites for hydroxylation is 1. The molecule has 1 aromatic carbocycles. The maximum absolute atomic E-state index is 13.5. The fraction of sp³-hybridized carbons (Fsp3) is 0.353. The Bertz CT molecular complexity index is 744. The van der Waals surface area contributed by atoms with Crippen molar-refractivity contribution in [1.82, 2.24) is 20.5 Å². The van der Waals surface area contributed by atoms with Crippen LogP contribution in [0, 0.1) is 12.7 Å². The molecule has 2 N–H and O–H groups in total. The zero-order valence-electron chi connectivity index (χ0n) is 13.3. The summed E-state index contributed by atoms with van der Waals surface area (Å²) in [7, 11) is 0. The smallest absolute Gasteiger partial charge is 0.224 e. The molecule has 0 aliphatic carbocycles. The van der Waals surface area contributed by atoms with Gasteiger partial charge in [-0.3, -0.25) is 9.89 Å². The molecule has 24 heavy (non-hydrogen) atoms. The van der Waals surface area contributed by atoms with E-state index in [4.69, 9.17) is 4.74 Å². The predicted molar refractivity (Wildman–Crippen MR) is 86.4 cm³/mol. The van der Waals surface area contributed by atoms with Crippen molar-refractivity contribution in [2.75, 3.05) is 6.61 Å². The number of nitrogens with one attached hydrogen (secondary N) is 2. The summed E-state index contributed by atoms with van der Waals surface area (Å²) in [5.74, 6) is 0.810. The van der Waals surface area contributed by atoms with Crippen molar-refractivity contribution < 1.29 is 13.9 Å². The number of rotatable bonds is 5. The van der Waals surface area contributed by atoms with Gasteiger partial charge >= 0.3 is 0 Å². The standard InChI is InChI=1S/C17H19FN4O2/c1-11-19-17(22-21-11)16-14(9-10-24-16)20-15(23)8-4-6-12-5-2-3-7-13(12)18/h2-7,14,16H,8-10H2,1H3,(H,20,23)(H,19,21,22)/b6-4+/t14-,16+/m0/s1. The first-order valence-corrected chi connectivity index (χ1v) is 7.84. The Labute approximate surface area is 139 Å². The van der Waals surface area contributed by atoms with Crippen molar-refractivity contribution in [3.05, 3.63) is 53.4 Å². The number of benzene rings is 1. The Balaban J connectivity index is 1.55. The molecule has 1 aromatic heterocycles. The third-order valence-electron chi connectivity index (χ3n) is 3.81. The molecule has 1 saturated heterocycles. The van der Waals surface area contributed by atoms with E-state index in [0.29, 0.717) is 30.2 Å². The van der Waals surface area contributed by atoms with Crippen molar-refractivity contribution in [2.24, 2.45) is 0 Å². The van der Waals surface area contributed by atoms with E-state index in [1.165, 1.54) is 6.07 Å². The number of carbonyl (C=O) groups excluding carboxylic acids is 1. The average molecular weight is 330 g/mol. The minimum atomic E-state index is -0.338. The molecule has 0 saturated carbocycles. The van der Waals surface area contributed by atoms with Gasteiger partial charge in [-0.05, 0) is 19.4 Å². The lowest BCUT2D eigenvalue weighted by atomic mass is 10.1. The van der Waals surface area contributed by atoms with Gasteiger partial charge < -0.3 is 10.1 Å². The highest BCUT2D eigenvalue weighted by Gasteiger charge is 2.33. The number of halogens is 1. The van der Waals surface area contributed by atoms with Crippen LogP contribution in [0.15, 0.2) is 30.3 Å². The van der Waals surface area contributed by atoms with E-state index in [1.54, 1.807) is 30.4 Å². The van der Waals surface area contributed by atoms with Crippen LogP contribution in [0.4, 0.5) is 4.39 Å². The first-order valence-electron chi connectivity index (χ1n) is 7.84. The zero-order valence-corrected chi connectivity index (χ0v) is 13.3. The first kappa shape index (κ1) is 16.3. The van der Waals surface area contributed by atoms with Gasteiger partial charge in [0.2, 0.25) is 5.91 Å². The van der Waals surface area contributed by atoms with E-state index in [9.17, 15) is 9.18 Å². The molecule has 2 atom stereocenters. The van der Waals surface area contributed by atoms with Crippen molar-refractivity contribution in [1.29, 1.82) is 0 Å². The summed E-state index contributed by atoms with van der Waals surface area (Å²) in [6, 6.07) is 6.27. The van der Waals surface area contributed by atoms with Crippen LogP contribution < -0.4 is 5.32 Å². The van der Waals surface area contributed by atoms with E-state index < -0.39 is 0 Å². The van der Waals surface area contributed by atoms with Gasteiger partial charge in [-0.15, -0.1) is 0 Å². The first-order chi connectivity index (χ1) is 11.6. The Morgan fingerprint density at radius 2 is 2.33 bits per heavy atom. The highest BCUT2D eigenvalue weighted by Crippen LogP contribution is 2.26. The number of aromatic nitrogens is 3. The van der Waals surface area contributed by atoms with Gasteiger partial charge in [-0.25, -0.2) is 9.37 Å². The van der Waals surface area contributed by atoms with Gasteiger partial charge in [-0.2, -0.15) is 5.10 Å². The molecular weight excluding hydrogens is 311 g/mol. The summed E-state index contributed by atoms with van der Waals surface area (Å²) in [5, 5.41) is 9.81. The lowest BCUT2D eigenvalue weighted by Gasteiger charge is -2.16. The number of carbonyl (C=O) groups is 1. The van der Waals surface area contributed by atoms with Gasteiger partial charge in [0.1, 0.15) is 17.7 Å². The summed E-state index contributed by atoms with van der Waals surface area (Å²) in [6.45, 7) is 2.36. The summed E-state index contributed by atoms with van der Waals surface area (Å²) in [6.07, 6.45) is 3.80. The molecule has 1 aliphatic heterocycles. The maximum atomic E-state index is 13.5. The number of ether oxygens (including phenoxy) is 1. The molecule has 1 fully saturated rings. The van der Waals surface area contributed by atoms with Gasteiger partial charge in [0.25, 0.3) is 0 Å². The molecule has 7 heteroatoms. The number of hydrogen-bond donors (Lipinski definition) is 2. The highest BCUT2D eigenvalue weighted by molar-refractivity contribution is 5.78. The Morgan fingerprint density at radius 3 is 3.08 bits per heavy atom. The lowest BCUT2D eigenvalue weighted by Crippen LogP contribution is -2.36. The molecule has 2 heterocycles. The third-order valence-corrected chi connectivity index (χ3v) is 3.81. The van der Waals surface area contributed by atoms with Gasteiger partial charge in [0, 0.05) is 18.6 Å². The summed E-state index contributed by atoms with van der Waals surface area (Å²) < 4.78 is 19.1. The molecule has 3 rings (SSSR count). The molecule has 0 spiro atoms. The van der Waals surface area contributed by atoms with Gasteiger partial charge in [0.15, 0.2) is 5.82 Å². The normalized spacial score (nSPS) is 20.6. The Morgan fingerprint density at radius 1 is 1.50 bits per heavy atom. The lowest BCUT2D eigenvalue weighted by molar-refractivity contribution is -0.121. The van der Waals surface area contributed by atoms with Crippen molar-refractivity contribution in [3.8, 4) is 0 Å². The third kappa shape index (κ3) is 3.86. The molecule has 0 bridgehead atoms. The molecule has 2 aromatic rings. The zero-order chi connectivity index (χ0) is 16.9. The maximum Gasteiger partial charge on any atom is 0.224 e. The SMILES string of the molecule is Cc1nc([C@@H]2OCC[C@@H]2NC(=O)C/C=C/c2ccccc2F)n[nH]1. The summed E-state index contributed by atoms with van der Waals surface area (Å²) in [4.78, 5) is 16.4. The molecule has 1 aliphatic rings. The van der Waals surface area contributed by atoms with Crippen LogP contribution in [0.2, 0.25) is 0 Å². The second-order valence-corrected chi connectivity index (χ2v) is 5.66. The Kier molecular flexibility index (Phi) is 5.00. The van der Waals surface area contributed by atoms with E-state index in [2.05, 4.69) is 20.5 Å². The fourth-order valence-corrected chi connectivity index (χ4v) is 2.65. The molecule has 1 amide bonds. The van der Waals surface area contributed by atoms with E-state index in [1.807, 2.05) is 6.92 Å². The Hall–Kier alpha value is -2.54. The van der Waals surface area contributed by atoms with Crippen molar-refractivity contribution in [3.63, 3.8) is 0 Å². The van der Waals surface area contributed by atoms with Crippen LogP contribution in [0.3, 0.4) is 0 Å². The van der Waals surface area contributed by atoms with Crippen LogP contribution in [0.1, 0.15) is 36.2 Å².